The zero-order valence-corrected chi connectivity index (χ0v) is 10.4. The van der Waals surface area contributed by atoms with Crippen LogP contribution in [0.3, 0.4) is 0 Å². The molecule has 1 heterocycles. The third-order valence-corrected chi connectivity index (χ3v) is 3.94. The Labute approximate surface area is 106 Å². The lowest BCUT2D eigenvalue weighted by atomic mass is 9.79. The highest BCUT2D eigenvalue weighted by molar-refractivity contribution is 5.81. The molecule has 1 aliphatic carbocycles. The van der Waals surface area contributed by atoms with Gasteiger partial charge in [-0.2, -0.15) is 0 Å². The summed E-state index contributed by atoms with van der Waals surface area (Å²) in [6, 6.07) is -0.690. The normalized spacial score (nSPS) is 27.7. The number of carbonyl (C=O) groups is 2. The molecule has 18 heavy (non-hydrogen) atoms. The number of carboxylic acids is 1. The molecule has 0 aromatic heterocycles. The van der Waals surface area contributed by atoms with Crippen molar-refractivity contribution in [3.63, 3.8) is 0 Å². The molecule has 0 radical (unpaired) electrons. The van der Waals surface area contributed by atoms with Crippen LogP contribution in [0.5, 0.6) is 0 Å². The number of likely N-dealkylation sites (tertiary alicyclic amines) is 1. The van der Waals surface area contributed by atoms with Crippen LogP contribution in [0.1, 0.15) is 32.1 Å². The van der Waals surface area contributed by atoms with Crippen molar-refractivity contribution in [2.45, 2.75) is 44.2 Å². The molecule has 0 aromatic carbocycles. The fraction of sp³-hybridized carbons (Fsp3) is 0.692. The van der Waals surface area contributed by atoms with Crippen molar-refractivity contribution in [2.75, 3.05) is 6.61 Å². The van der Waals surface area contributed by atoms with Crippen molar-refractivity contribution in [2.24, 2.45) is 5.92 Å². The molecule has 2 fully saturated rings. The molecular formula is C13H19NO4. The van der Waals surface area contributed by atoms with Crippen molar-refractivity contribution in [1.29, 1.82) is 0 Å². The van der Waals surface area contributed by atoms with Gasteiger partial charge in [-0.15, -0.1) is 0 Å². The summed E-state index contributed by atoms with van der Waals surface area (Å²) in [5.74, 6) is -0.488. The van der Waals surface area contributed by atoms with Crippen LogP contribution < -0.4 is 0 Å². The van der Waals surface area contributed by atoms with Gasteiger partial charge in [-0.3, -0.25) is 4.90 Å². The van der Waals surface area contributed by atoms with Crippen LogP contribution in [-0.2, 0) is 9.53 Å². The van der Waals surface area contributed by atoms with E-state index in [1.165, 1.54) is 17.4 Å². The maximum absolute atomic E-state index is 12.0. The highest BCUT2D eigenvalue weighted by atomic mass is 16.6. The van der Waals surface area contributed by atoms with Gasteiger partial charge in [0, 0.05) is 6.04 Å². The van der Waals surface area contributed by atoms with Crippen LogP contribution >= 0.6 is 0 Å². The summed E-state index contributed by atoms with van der Waals surface area (Å²) in [6.07, 6.45) is 5.61. The van der Waals surface area contributed by atoms with Crippen LogP contribution in [0.15, 0.2) is 12.7 Å². The Kier molecular flexibility index (Phi) is 3.89. The first-order chi connectivity index (χ1) is 8.65. The maximum atomic E-state index is 12.0. The minimum absolute atomic E-state index is 0.0390. The highest BCUT2D eigenvalue weighted by Gasteiger charge is 2.46. The van der Waals surface area contributed by atoms with Crippen molar-refractivity contribution < 1.29 is 19.4 Å². The standard InChI is InChI=1S/C13H19NO4/c1-2-8-18-13(17)14-10(9-4-3-5-9)6-7-11(14)12(15)16/h2,9-11H,1,3-8H2,(H,15,16). The number of carbonyl (C=O) groups excluding carboxylic acids is 1. The van der Waals surface area contributed by atoms with E-state index in [2.05, 4.69) is 6.58 Å². The Hall–Kier alpha value is -1.52. The highest BCUT2D eigenvalue weighted by Crippen LogP contribution is 2.39. The van der Waals surface area contributed by atoms with Gasteiger partial charge in [-0.25, -0.2) is 9.59 Å². The second-order valence-electron chi connectivity index (χ2n) is 4.96. The molecule has 1 saturated carbocycles. The number of amides is 1. The average molecular weight is 253 g/mol. The molecule has 5 nitrogen and oxygen atoms in total. The molecule has 1 aliphatic heterocycles. The molecule has 1 N–H and O–H groups in total. The van der Waals surface area contributed by atoms with Gasteiger partial charge in [0.05, 0.1) is 0 Å². The number of carboxylic acid groups (broad SMARTS) is 1. The van der Waals surface area contributed by atoms with E-state index >= 15 is 0 Å². The van der Waals surface area contributed by atoms with Gasteiger partial charge >= 0.3 is 12.1 Å². The van der Waals surface area contributed by atoms with Crippen LogP contribution in [-0.4, -0.2) is 40.8 Å². The van der Waals surface area contributed by atoms with E-state index < -0.39 is 18.1 Å². The molecular weight excluding hydrogens is 234 g/mol. The summed E-state index contributed by atoms with van der Waals surface area (Å²) in [5, 5.41) is 9.18. The molecule has 100 valence electrons. The summed E-state index contributed by atoms with van der Waals surface area (Å²) in [5.41, 5.74) is 0. The molecule has 1 saturated heterocycles. The first-order valence-electron chi connectivity index (χ1n) is 6.44. The van der Waals surface area contributed by atoms with Crippen molar-refractivity contribution in [3.8, 4) is 0 Å². The fourth-order valence-corrected chi connectivity index (χ4v) is 2.84. The van der Waals surface area contributed by atoms with Crippen LogP contribution in [0.25, 0.3) is 0 Å². The predicted octanol–water partition coefficient (Wildman–Crippen LogP) is 2.03. The SMILES string of the molecule is C=CCOC(=O)N1C(C(=O)O)CCC1C1CCC1. The van der Waals surface area contributed by atoms with Crippen LogP contribution in [0, 0.1) is 5.92 Å². The van der Waals surface area contributed by atoms with E-state index in [1.807, 2.05) is 0 Å². The first-order valence-corrected chi connectivity index (χ1v) is 6.44. The third-order valence-electron chi connectivity index (χ3n) is 3.94. The number of nitrogens with zero attached hydrogens (tertiary/aromatic N) is 1. The summed E-state index contributed by atoms with van der Waals surface area (Å²) in [6.45, 7) is 3.61. The number of aliphatic carboxylic acids is 1. The van der Waals surface area contributed by atoms with Crippen LogP contribution in [0.2, 0.25) is 0 Å². The largest absolute Gasteiger partial charge is 0.480 e. The molecule has 2 rings (SSSR count). The molecule has 5 heteroatoms. The van der Waals surface area contributed by atoms with Gasteiger partial charge in [-0.05, 0) is 31.6 Å². The van der Waals surface area contributed by atoms with Gasteiger partial charge in [0.25, 0.3) is 0 Å². The average Bonchev–Trinajstić information content (AvgIpc) is 2.68. The van der Waals surface area contributed by atoms with Gasteiger partial charge in [-0.1, -0.05) is 19.1 Å². The summed E-state index contributed by atoms with van der Waals surface area (Å²) < 4.78 is 5.01. The second kappa shape index (κ2) is 5.42. The van der Waals surface area contributed by atoms with E-state index in [9.17, 15) is 14.7 Å². The molecule has 1 amide bonds. The number of ether oxygens (including phenoxy) is 1. The van der Waals surface area contributed by atoms with E-state index in [-0.39, 0.29) is 12.6 Å². The summed E-state index contributed by atoms with van der Waals surface area (Å²) >= 11 is 0. The quantitative estimate of drug-likeness (QED) is 0.778. The maximum Gasteiger partial charge on any atom is 0.411 e. The Bertz CT molecular complexity index is 351. The smallest absolute Gasteiger partial charge is 0.411 e. The topological polar surface area (TPSA) is 66.8 Å². The molecule has 0 aromatic rings. The fourth-order valence-electron chi connectivity index (χ4n) is 2.84. The Morgan fingerprint density at radius 1 is 1.33 bits per heavy atom. The Morgan fingerprint density at radius 2 is 2.06 bits per heavy atom. The van der Waals surface area contributed by atoms with Crippen molar-refractivity contribution in [1.82, 2.24) is 4.90 Å². The van der Waals surface area contributed by atoms with E-state index in [1.54, 1.807) is 0 Å². The lowest BCUT2D eigenvalue weighted by Crippen LogP contribution is -2.49. The minimum Gasteiger partial charge on any atom is -0.480 e. The number of hydrogen-bond donors (Lipinski definition) is 1. The molecule has 2 unspecified atom stereocenters. The molecule has 0 spiro atoms. The number of rotatable bonds is 4. The monoisotopic (exact) mass is 253 g/mol. The van der Waals surface area contributed by atoms with E-state index in [4.69, 9.17) is 4.74 Å². The van der Waals surface area contributed by atoms with Gasteiger partial charge in [0.2, 0.25) is 0 Å². The van der Waals surface area contributed by atoms with E-state index in [0.29, 0.717) is 12.3 Å². The van der Waals surface area contributed by atoms with Gasteiger partial charge in [0.15, 0.2) is 0 Å². The van der Waals surface area contributed by atoms with Crippen molar-refractivity contribution >= 4 is 12.1 Å². The second-order valence-corrected chi connectivity index (χ2v) is 4.96. The van der Waals surface area contributed by atoms with Crippen LogP contribution in [0.4, 0.5) is 4.79 Å². The first kappa shape index (κ1) is 12.9. The van der Waals surface area contributed by atoms with E-state index in [0.717, 1.165) is 19.3 Å². The Morgan fingerprint density at radius 3 is 2.56 bits per heavy atom. The predicted molar refractivity (Wildman–Crippen MR) is 65.2 cm³/mol. The zero-order valence-electron chi connectivity index (χ0n) is 10.4. The number of hydrogen-bond acceptors (Lipinski definition) is 3. The molecule has 0 bridgehead atoms. The minimum atomic E-state index is -0.938. The zero-order chi connectivity index (χ0) is 13.1. The lowest BCUT2D eigenvalue weighted by molar-refractivity contribution is -0.142. The van der Waals surface area contributed by atoms with Crippen molar-refractivity contribution in [3.05, 3.63) is 12.7 Å². The lowest BCUT2D eigenvalue weighted by Gasteiger charge is -2.37. The third kappa shape index (κ3) is 2.35. The Balaban J connectivity index is 2.08. The molecule has 2 atom stereocenters. The molecule has 2 aliphatic rings. The summed E-state index contributed by atoms with van der Waals surface area (Å²) in [7, 11) is 0. The van der Waals surface area contributed by atoms with Gasteiger partial charge in [0.1, 0.15) is 12.6 Å². The summed E-state index contributed by atoms with van der Waals surface area (Å²) in [4.78, 5) is 24.6. The van der Waals surface area contributed by atoms with Gasteiger partial charge < -0.3 is 9.84 Å².